The lowest BCUT2D eigenvalue weighted by Crippen LogP contribution is -2.45. The molecule has 0 aromatic heterocycles. The van der Waals surface area contributed by atoms with Gasteiger partial charge in [-0.1, -0.05) is 12.1 Å². The van der Waals surface area contributed by atoms with Gasteiger partial charge in [0.25, 0.3) is 0 Å². The van der Waals surface area contributed by atoms with E-state index in [1.54, 1.807) is 31.3 Å². The molecule has 5 rings (SSSR count). The number of hydrogen-bond acceptors (Lipinski definition) is 11. The summed E-state index contributed by atoms with van der Waals surface area (Å²) in [7, 11) is 1.27. The average molecular weight is 776 g/mol. The van der Waals surface area contributed by atoms with Crippen molar-refractivity contribution in [3.05, 3.63) is 85.4 Å². The van der Waals surface area contributed by atoms with E-state index in [2.05, 4.69) is 53.0 Å². The monoisotopic (exact) mass is 774 g/mol. The predicted molar refractivity (Wildman–Crippen MR) is 178 cm³/mol. The highest BCUT2D eigenvalue weighted by molar-refractivity contribution is 9.11. The van der Waals surface area contributed by atoms with Crippen molar-refractivity contribution in [2.45, 2.75) is 32.7 Å². The van der Waals surface area contributed by atoms with Crippen molar-refractivity contribution < 1.29 is 43.1 Å². The van der Waals surface area contributed by atoms with Crippen LogP contribution in [-0.4, -0.2) is 56.7 Å². The molecule has 4 N–H and O–H groups in total. The van der Waals surface area contributed by atoms with Crippen LogP contribution in [0.15, 0.2) is 73.8 Å². The number of fused-ring (bicyclic) bond motifs is 1. The number of hydrazone groups is 1. The Kier molecular flexibility index (Phi) is 11.1. The number of hydrogen-bond donors (Lipinski definition) is 4. The second-order valence-corrected chi connectivity index (χ2v) is 11.9. The Hall–Kier alpha value is -4.47. The van der Waals surface area contributed by atoms with Crippen LogP contribution in [0.4, 0.5) is 4.79 Å². The maximum absolute atomic E-state index is 12.5. The van der Waals surface area contributed by atoms with Gasteiger partial charge in [-0.3, -0.25) is 5.43 Å². The molecule has 15 heteroatoms. The van der Waals surface area contributed by atoms with Gasteiger partial charge in [0.15, 0.2) is 29.2 Å². The molecule has 2 heterocycles. The Balaban J connectivity index is 1.18. The third-order valence-corrected chi connectivity index (χ3v) is 8.13. The zero-order chi connectivity index (χ0) is 33.5. The first kappa shape index (κ1) is 33.9. The first-order valence-corrected chi connectivity index (χ1v) is 16.0. The van der Waals surface area contributed by atoms with E-state index in [9.17, 15) is 14.7 Å². The maximum Gasteiger partial charge on any atom is 0.337 e. The van der Waals surface area contributed by atoms with Gasteiger partial charge in [0, 0.05) is 5.70 Å². The number of allylic oxidation sites excluding steroid dienone is 1. The minimum absolute atomic E-state index is 0.159. The van der Waals surface area contributed by atoms with E-state index in [0.717, 1.165) is 11.1 Å². The summed E-state index contributed by atoms with van der Waals surface area (Å²) in [6, 6.07) is 13.1. The molecule has 13 nitrogen and oxygen atoms in total. The maximum atomic E-state index is 12.5. The van der Waals surface area contributed by atoms with Gasteiger partial charge < -0.3 is 44.2 Å². The summed E-state index contributed by atoms with van der Waals surface area (Å²) in [6.45, 7) is 4.14. The Morgan fingerprint density at radius 2 is 1.85 bits per heavy atom. The van der Waals surface area contributed by atoms with E-state index in [0.29, 0.717) is 62.2 Å². The number of carbonyl (C=O) groups is 2. The van der Waals surface area contributed by atoms with Crippen molar-refractivity contribution >= 4 is 50.1 Å². The van der Waals surface area contributed by atoms with Gasteiger partial charge >= 0.3 is 12.0 Å². The highest BCUT2D eigenvalue weighted by atomic mass is 79.9. The van der Waals surface area contributed by atoms with Crippen LogP contribution >= 0.6 is 31.9 Å². The van der Waals surface area contributed by atoms with Gasteiger partial charge in [0.05, 0.1) is 40.5 Å². The van der Waals surface area contributed by atoms with E-state index < -0.39 is 24.3 Å². The van der Waals surface area contributed by atoms with E-state index in [-0.39, 0.29) is 19.0 Å². The lowest BCUT2D eigenvalue weighted by Gasteiger charge is -2.28. The second-order valence-electron chi connectivity index (χ2n) is 10.2. The lowest BCUT2D eigenvalue weighted by atomic mass is 9.95. The van der Waals surface area contributed by atoms with Crippen molar-refractivity contribution in [3.63, 3.8) is 0 Å². The number of carbonyl (C=O) groups excluding carboxylic acids is 2. The Morgan fingerprint density at radius 3 is 2.60 bits per heavy atom. The van der Waals surface area contributed by atoms with Crippen LogP contribution in [0, 0.1) is 0 Å². The summed E-state index contributed by atoms with van der Waals surface area (Å²) in [5.74, 6) is 2.16. The first-order chi connectivity index (χ1) is 22.7. The number of aliphatic hydroxyl groups is 1. The second kappa shape index (κ2) is 15.4. The van der Waals surface area contributed by atoms with E-state index in [1.807, 2.05) is 37.3 Å². The fourth-order valence-corrected chi connectivity index (χ4v) is 6.25. The van der Waals surface area contributed by atoms with E-state index in [4.69, 9.17) is 28.4 Å². The molecule has 0 bridgehead atoms. The van der Waals surface area contributed by atoms with Gasteiger partial charge in [-0.15, -0.1) is 0 Å². The van der Waals surface area contributed by atoms with Crippen molar-refractivity contribution in [2.75, 3.05) is 27.1 Å². The molecule has 0 saturated heterocycles. The summed E-state index contributed by atoms with van der Waals surface area (Å²) in [5, 5.41) is 19.9. The van der Waals surface area contributed by atoms with Crippen LogP contribution in [0.5, 0.6) is 28.7 Å². The number of esters is 1. The van der Waals surface area contributed by atoms with E-state index >= 15 is 0 Å². The van der Waals surface area contributed by atoms with Gasteiger partial charge in [0.2, 0.25) is 6.79 Å². The number of ether oxygens (including phenoxy) is 6. The molecule has 0 fully saturated rings. The smallest absolute Gasteiger partial charge is 0.337 e. The molecule has 3 aromatic carbocycles. The third-order valence-electron chi connectivity index (χ3n) is 6.95. The van der Waals surface area contributed by atoms with Crippen LogP contribution in [0.25, 0.3) is 0 Å². The zero-order valence-corrected chi connectivity index (χ0v) is 28.8. The zero-order valence-electron chi connectivity index (χ0n) is 25.6. The standard InChI is InChI=1S/C32H32Br2N4O9/c1-4-43-26-12-20(29-28(31(40)42-3)17(2)36-32(41)37-29)6-8-23(26)44-15-27(39)38-35-13-19-9-21(33)30(22(34)10-19)45-14-18-5-7-24-25(11-18)47-16-46-24/h5-13,27,29,38-39H,4,14-16H2,1-3H3,(H2,36,37,41)/b35-13-/t27-,29+/m0/s1. The fourth-order valence-electron chi connectivity index (χ4n) is 4.80. The topological polar surface area (TPSA) is 158 Å². The number of rotatable bonds is 13. The summed E-state index contributed by atoms with van der Waals surface area (Å²) < 4.78 is 34.7. The molecule has 2 amide bonds. The molecule has 248 valence electrons. The summed E-state index contributed by atoms with van der Waals surface area (Å²) in [5.41, 5.74) is 5.53. The quantitative estimate of drug-likeness (QED) is 0.0803. The molecule has 2 aliphatic rings. The van der Waals surface area contributed by atoms with Crippen molar-refractivity contribution in [1.29, 1.82) is 0 Å². The largest absolute Gasteiger partial charge is 0.490 e. The SMILES string of the molecule is CCOc1cc([C@H]2NC(=O)NC(C)=C2C(=O)OC)ccc1OC[C@H](O)N/N=C\c1cc(Br)c(OCc2ccc3c(c2)OCO3)c(Br)c1. The number of halogens is 2. The first-order valence-electron chi connectivity index (χ1n) is 14.4. The van der Waals surface area contributed by atoms with Crippen molar-refractivity contribution in [2.24, 2.45) is 5.10 Å². The number of aliphatic hydroxyl groups excluding tert-OH is 1. The summed E-state index contributed by atoms with van der Waals surface area (Å²) in [6.07, 6.45) is 0.388. The highest BCUT2D eigenvalue weighted by Crippen LogP contribution is 2.37. The Morgan fingerprint density at radius 1 is 1.09 bits per heavy atom. The number of amides is 2. The van der Waals surface area contributed by atoms with Crippen LogP contribution in [0.2, 0.25) is 0 Å². The molecule has 0 spiro atoms. The van der Waals surface area contributed by atoms with Crippen LogP contribution in [-0.2, 0) is 16.1 Å². The van der Waals surface area contributed by atoms with Crippen LogP contribution in [0.1, 0.15) is 36.6 Å². The lowest BCUT2D eigenvalue weighted by molar-refractivity contribution is -0.136. The third kappa shape index (κ3) is 8.28. The minimum atomic E-state index is -1.16. The van der Waals surface area contributed by atoms with Crippen LogP contribution in [0.3, 0.4) is 0 Å². The van der Waals surface area contributed by atoms with Crippen molar-refractivity contribution in [3.8, 4) is 28.7 Å². The number of methoxy groups -OCH3 is 1. The molecule has 47 heavy (non-hydrogen) atoms. The summed E-state index contributed by atoms with van der Waals surface area (Å²) in [4.78, 5) is 24.6. The van der Waals surface area contributed by atoms with Crippen LogP contribution < -0.4 is 39.7 Å². The molecule has 0 saturated carbocycles. The molecule has 0 aliphatic carbocycles. The molecule has 0 unspecified atom stereocenters. The van der Waals surface area contributed by atoms with Gasteiger partial charge in [0.1, 0.15) is 19.0 Å². The minimum Gasteiger partial charge on any atom is -0.490 e. The average Bonchev–Trinajstić information content (AvgIpc) is 3.51. The Labute approximate surface area is 287 Å². The van der Waals surface area contributed by atoms with Gasteiger partial charge in [-0.25, -0.2) is 9.59 Å². The highest BCUT2D eigenvalue weighted by Gasteiger charge is 2.32. The summed E-state index contributed by atoms with van der Waals surface area (Å²) >= 11 is 7.10. The van der Waals surface area contributed by atoms with Crippen molar-refractivity contribution in [1.82, 2.24) is 16.1 Å². The fraction of sp³-hybridized carbons (Fsp3) is 0.281. The number of urea groups is 1. The number of nitrogens with zero attached hydrogens (tertiary/aromatic N) is 1. The van der Waals surface area contributed by atoms with Gasteiger partial charge in [-0.05, 0) is 98.8 Å². The normalized spacial score (nSPS) is 16.0. The van der Waals surface area contributed by atoms with E-state index in [1.165, 1.54) is 7.11 Å². The number of nitrogens with one attached hydrogen (secondary N) is 3. The predicted octanol–water partition coefficient (Wildman–Crippen LogP) is 5.04. The van der Waals surface area contributed by atoms with Gasteiger partial charge in [-0.2, -0.15) is 5.10 Å². The molecule has 2 atom stereocenters. The molecule has 3 aromatic rings. The number of benzene rings is 3. The molecule has 0 radical (unpaired) electrons. The molecule has 2 aliphatic heterocycles. The molecular weight excluding hydrogens is 744 g/mol. The Bertz CT molecular complexity index is 1690. The molecular formula is C32H32Br2N4O9.